The molecule has 0 atom stereocenters. The number of piperidine rings is 1. The van der Waals surface area contributed by atoms with Crippen molar-refractivity contribution in [3.05, 3.63) is 0 Å². The molecule has 7 heteroatoms. The Morgan fingerprint density at radius 1 is 0.917 bits per heavy atom. The van der Waals surface area contributed by atoms with Crippen LogP contribution < -0.4 is 4.72 Å². The largest absolute Gasteiger partial charge is 0.340 e. The summed E-state index contributed by atoms with van der Waals surface area (Å²) in [5.74, 6) is 0.324. The van der Waals surface area contributed by atoms with Crippen molar-refractivity contribution < 1.29 is 13.2 Å². The van der Waals surface area contributed by atoms with E-state index in [1.807, 2.05) is 0 Å². The van der Waals surface area contributed by atoms with Crippen LogP contribution in [0.5, 0.6) is 0 Å². The van der Waals surface area contributed by atoms with Crippen molar-refractivity contribution in [3.63, 3.8) is 0 Å². The zero-order valence-electron chi connectivity index (χ0n) is 14.3. The quantitative estimate of drug-likeness (QED) is 0.797. The van der Waals surface area contributed by atoms with Crippen molar-refractivity contribution in [3.8, 4) is 0 Å². The average Bonchev–Trinajstić information content (AvgIpc) is 3.20. The molecular formula is C17H29N3O3S. The smallest absolute Gasteiger partial charge is 0.225 e. The van der Waals surface area contributed by atoms with E-state index in [2.05, 4.69) is 9.62 Å². The minimum atomic E-state index is -3.30. The van der Waals surface area contributed by atoms with Crippen LogP contribution >= 0.6 is 0 Å². The van der Waals surface area contributed by atoms with E-state index in [-0.39, 0.29) is 17.9 Å². The van der Waals surface area contributed by atoms with Crippen LogP contribution in [0.15, 0.2) is 0 Å². The van der Waals surface area contributed by atoms with Gasteiger partial charge in [-0.25, -0.2) is 13.1 Å². The molecule has 0 aromatic rings. The van der Waals surface area contributed by atoms with Crippen LogP contribution in [-0.4, -0.2) is 67.6 Å². The summed E-state index contributed by atoms with van der Waals surface area (Å²) in [4.78, 5) is 16.5. The number of hydrogen-bond acceptors (Lipinski definition) is 4. The van der Waals surface area contributed by atoms with E-state index in [4.69, 9.17) is 0 Å². The minimum absolute atomic E-state index is 0.0737. The lowest BCUT2D eigenvalue weighted by molar-refractivity contribution is -0.138. The number of nitrogens with zero attached hydrogens (tertiary/aromatic N) is 2. The molecule has 1 N–H and O–H groups in total. The van der Waals surface area contributed by atoms with Crippen LogP contribution in [0.1, 0.15) is 51.4 Å². The summed E-state index contributed by atoms with van der Waals surface area (Å²) >= 11 is 0. The molecule has 0 spiro atoms. The van der Waals surface area contributed by atoms with Gasteiger partial charge in [0, 0.05) is 31.1 Å². The number of carbonyl (C=O) groups excluding carboxylic acids is 1. The van der Waals surface area contributed by atoms with Crippen molar-refractivity contribution >= 4 is 15.9 Å². The first-order chi connectivity index (χ1) is 11.5. The van der Waals surface area contributed by atoms with Crippen molar-refractivity contribution in [1.29, 1.82) is 0 Å². The summed E-state index contributed by atoms with van der Waals surface area (Å²) < 4.78 is 28.0. The third kappa shape index (κ3) is 3.48. The molecule has 4 fully saturated rings. The van der Waals surface area contributed by atoms with Gasteiger partial charge in [-0.05, 0) is 51.6 Å². The Morgan fingerprint density at radius 3 is 2.12 bits per heavy atom. The third-order valence-corrected chi connectivity index (χ3v) is 8.06. The SMILES string of the molecule is O=C(C1CCCC1)N1CC(S(=O)(=O)NC2CCN(C3CC3)CC2)C1. The number of hydrogen-bond donors (Lipinski definition) is 1. The van der Waals surface area contributed by atoms with Gasteiger partial charge in [-0.2, -0.15) is 0 Å². The summed E-state index contributed by atoms with van der Waals surface area (Å²) in [5, 5.41) is -0.413. The lowest BCUT2D eigenvalue weighted by Gasteiger charge is -2.41. The molecule has 24 heavy (non-hydrogen) atoms. The van der Waals surface area contributed by atoms with Gasteiger partial charge in [-0.3, -0.25) is 4.79 Å². The van der Waals surface area contributed by atoms with E-state index in [1.54, 1.807) is 4.90 Å². The first-order valence-corrected chi connectivity index (χ1v) is 11.1. The molecule has 0 unspecified atom stereocenters. The number of rotatable bonds is 5. The molecule has 0 aromatic heterocycles. The third-order valence-electron chi connectivity index (χ3n) is 6.23. The van der Waals surface area contributed by atoms with Gasteiger partial charge in [-0.15, -0.1) is 0 Å². The molecule has 0 aromatic carbocycles. The second-order valence-corrected chi connectivity index (χ2v) is 10.0. The number of amides is 1. The Morgan fingerprint density at radius 2 is 1.54 bits per heavy atom. The second kappa shape index (κ2) is 6.57. The molecule has 0 radical (unpaired) electrons. The maximum Gasteiger partial charge on any atom is 0.225 e. The van der Waals surface area contributed by atoms with Gasteiger partial charge in [0.05, 0.1) is 0 Å². The predicted molar refractivity (Wildman–Crippen MR) is 92.0 cm³/mol. The lowest BCUT2D eigenvalue weighted by Crippen LogP contribution is -2.61. The number of likely N-dealkylation sites (tertiary alicyclic amines) is 2. The summed E-state index contributed by atoms with van der Waals surface area (Å²) in [7, 11) is -3.30. The zero-order chi connectivity index (χ0) is 16.7. The van der Waals surface area contributed by atoms with Crippen molar-refractivity contribution in [2.75, 3.05) is 26.2 Å². The van der Waals surface area contributed by atoms with Gasteiger partial charge in [0.25, 0.3) is 0 Å². The molecular weight excluding hydrogens is 326 g/mol. The summed E-state index contributed by atoms with van der Waals surface area (Å²) in [5.41, 5.74) is 0. The Balaban J connectivity index is 1.23. The molecule has 2 heterocycles. The van der Waals surface area contributed by atoms with Crippen molar-refractivity contribution in [2.45, 2.75) is 68.7 Å². The lowest BCUT2D eigenvalue weighted by atomic mass is 10.0. The first kappa shape index (κ1) is 16.8. The van der Waals surface area contributed by atoms with E-state index in [9.17, 15) is 13.2 Å². The van der Waals surface area contributed by atoms with E-state index in [0.717, 1.165) is 57.7 Å². The van der Waals surface area contributed by atoms with Crippen LogP contribution in [0, 0.1) is 5.92 Å². The molecule has 2 saturated carbocycles. The van der Waals surface area contributed by atoms with Gasteiger partial charge in [0.1, 0.15) is 5.25 Å². The molecule has 4 aliphatic rings. The zero-order valence-corrected chi connectivity index (χ0v) is 15.1. The van der Waals surface area contributed by atoms with Gasteiger partial charge in [0.15, 0.2) is 0 Å². The highest BCUT2D eigenvalue weighted by Gasteiger charge is 2.43. The molecule has 2 saturated heterocycles. The fourth-order valence-electron chi connectivity index (χ4n) is 4.40. The molecule has 4 rings (SSSR count). The van der Waals surface area contributed by atoms with E-state index in [0.29, 0.717) is 13.1 Å². The number of carbonyl (C=O) groups is 1. The number of nitrogens with one attached hydrogen (secondary N) is 1. The van der Waals surface area contributed by atoms with E-state index >= 15 is 0 Å². The Kier molecular flexibility index (Phi) is 4.60. The topological polar surface area (TPSA) is 69.7 Å². The standard InChI is InChI=1S/C17H29N3O3S/c21-17(13-3-1-2-4-13)20-11-16(12-20)24(22,23)18-14-7-9-19(10-8-14)15-5-6-15/h13-16,18H,1-12H2. The predicted octanol–water partition coefficient (Wildman–Crippen LogP) is 0.934. The van der Waals surface area contributed by atoms with E-state index < -0.39 is 15.3 Å². The molecule has 0 bridgehead atoms. The van der Waals surface area contributed by atoms with Gasteiger partial charge >= 0.3 is 0 Å². The Labute approximate surface area is 145 Å². The van der Waals surface area contributed by atoms with Gasteiger partial charge < -0.3 is 9.80 Å². The monoisotopic (exact) mass is 355 g/mol. The van der Waals surface area contributed by atoms with Crippen LogP contribution in [0.4, 0.5) is 0 Å². The van der Waals surface area contributed by atoms with E-state index in [1.165, 1.54) is 12.8 Å². The summed E-state index contributed by atoms with van der Waals surface area (Å²) in [6.07, 6.45) is 8.66. The first-order valence-electron chi connectivity index (χ1n) is 9.57. The van der Waals surface area contributed by atoms with Gasteiger partial charge in [0.2, 0.25) is 15.9 Å². The van der Waals surface area contributed by atoms with Crippen LogP contribution in [-0.2, 0) is 14.8 Å². The number of sulfonamides is 1. The average molecular weight is 356 g/mol. The Bertz CT molecular complexity index is 570. The molecule has 6 nitrogen and oxygen atoms in total. The van der Waals surface area contributed by atoms with Crippen LogP contribution in [0.3, 0.4) is 0 Å². The fourth-order valence-corrected chi connectivity index (χ4v) is 6.04. The molecule has 2 aliphatic carbocycles. The fraction of sp³-hybridized carbons (Fsp3) is 0.941. The highest BCUT2D eigenvalue weighted by Crippen LogP contribution is 2.31. The maximum absolute atomic E-state index is 12.5. The molecule has 136 valence electrons. The summed E-state index contributed by atoms with van der Waals surface area (Å²) in [6.45, 7) is 2.78. The second-order valence-electron chi connectivity index (χ2n) is 8.05. The highest BCUT2D eigenvalue weighted by atomic mass is 32.2. The molecule has 1 amide bonds. The molecule has 2 aliphatic heterocycles. The van der Waals surface area contributed by atoms with Crippen molar-refractivity contribution in [2.24, 2.45) is 5.92 Å². The van der Waals surface area contributed by atoms with Crippen molar-refractivity contribution in [1.82, 2.24) is 14.5 Å². The highest BCUT2D eigenvalue weighted by molar-refractivity contribution is 7.90. The normalized spacial score (nSPS) is 28.2. The Hall–Kier alpha value is -0.660. The van der Waals surface area contributed by atoms with Gasteiger partial charge in [-0.1, -0.05) is 12.8 Å². The summed E-state index contributed by atoms with van der Waals surface area (Å²) in [6, 6.07) is 0.842. The van der Waals surface area contributed by atoms with Crippen LogP contribution in [0.25, 0.3) is 0 Å². The van der Waals surface area contributed by atoms with Crippen LogP contribution in [0.2, 0.25) is 0 Å². The minimum Gasteiger partial charge on any atom is -0.340 e. The maximum atomic E-state index is 12.5.